The van der Waals surface area contributed by atoms with Crippen molar-refractivity contribution in [2.75, 3.05) is 25.2 Å². The molecule has 1 aliphatic carbocycles. The fourth-order valence-corrected chi connectivity index (χ4v) is 3.25. The molecule has 0 spiro atoms. The number of nitrogens with zero attached hydrogens (tertiary/aromatic N) is 2. The number of carboxylic acids is 1. The van der Waals surface area contributed by atoms with Crippen LogP contribution in [0.2, 0.25) is 0 Å². The van der Waals surface area contributed by atoms with Gasteiger partial charge in [-0.1, -0.05) is 11.6 Å². The molecule has 0 fully saturated rings. The molecule has 0 radical (unpaired) electrons. The van der Waals surface area contributed by atoms with Gasteiger partial charge in [0, 0.05) is 24.9 Å². The monoisotopic (exact) mass is 372 g/mol. The van der Waals surface area contributed by atoms with Crippen LogP contribution in [0.4, 0.5) is 5.69 Å². The number of fused-ring (bicyclic) bond motifs is 1. The molecule has 2 atom stereocenters. The lowest BCUT2D eigenvalue weighted by molar-refractivity contribution is 0.0697. The van der Waals surface area contributed by atoms with E-state index in [1.165, 1.54) is 12.1 Å². The Labute approximate surface area is 156 Å². The van der Waals surface area contributed by atoms with E-state index in [2.05, 4.69) is 6.07 Å². The largest absolute Gasteiger partial charge is 0.490 e. The molecule has 26 heavy (non-hydrogen) atoms. The lowest BCUT2D eigenvalue weighted by atomic mass is 9.90. The van der Waals surface area contributed by atoms with Gasteiger partial charge in [-0.2, -0.15) is 5.26 Å². The van der Waals surface area contributed by atoms with Gasteiger partial charge in [-0.05, 0) is 36.4 Å². The predicted octanol–water partition coefficient (Wildman–Crippen LogP) is 3.28. The molecule has 1 aliphatic heterocycles. The normalized spacial score (nSPS) is 21.3. The number of halogens is 1. The first-order valence-electron chi connectivity index (χ1n) is 8.00. The third kappa shape index (κ3) is 3.45. The summed E-state index contributed by atoms with van der Waals surface area (Å²) in [5, 5.41) is 19.0. The Morgan fingerprint density at radius 1 is 1.31 bits per heavy atom. The number of hydrogen-bond donors (Lipinski definition) is 1. The molecule has 0 aromatic heterocycles. The zero-order valence-electron chi connectivity index (χ0n) is 14.1. The van der Waals surface area contributed by atoms with Crippen molar-refractivity contribution in [3.8, 4) is 6.07 Å². The molecule has 134 valence electrons. The van der Waals surface area contributed by atoms with E-state index >= 15 is 0 Å². The lowest BCUT2D eigenvalue weighted by Gasteiger charge is -2.29. The topological polar surface area (TPSA) is 82.8 Å². The summed E-state index contributed by atoms with van der Waals surface area (Å²) in [6.45, 7) is 0.814. The Morgan fingerprint density at radius 2 is 2.04 bits per heavy atom. The molecule has 1 aromatic carbocycles. The van der Waals surface area contributed by atoms with E-state index in [4.69, 9.17) is 26.2 Å². The zero-order valence-corrected chi connectivity index (χ0v) is 14.8. The maximum atomic E-state index is 11.0. The number of rotatable bonds is 6. The number of methoxy groups -OCH3 is 1. The molecule has 1 aromatic rings. The predicted molar refractivity (Wildman–Crippen MR) is 96.7 cm³/mol. The van der Waals surface area contributed by atoms with Crippen molar-refractivity contribution in [2.24, 2.45) is 5.92 Å². The molecule has 1 N–H and O–H groups in total. The number of carbonyl (C=O) groups is 1. The Bertz CT molecular complexity index is 836. The smallest absolute Gasteiger partial charge is 0.335 e. The van der Waals surface area contributed by atoms with E-state index in [0.29, 0.717) is 29.6 Å². The molecule has 0 saturated heterocycles. The maximum absolute atomic E-state index is 11.0. The number of nitriles is 1. The van der Waals surface area contributed by atoms with Gasteiger partial charge < -0.3 is 19.5 Å². The van der Waals surface area contributed by atoms with Crippen molar-refractivity contribution < 1.29 is 19.4 Å². The van der Waals surface area contributed by atoms with Gasteiger partial charge in [0.25, 0.3) is 0 Å². The van der Waals surface area contributed by atoms with Crippen LogP contribution in [0.5, 0.6) is 0 Å². The number of hydrogen-bond acceptors (Lipinski definition) is 5. The minimum absolute atomic E-state index is 0.164. The van der Waals surface area contributed by atoms with Gasteiger partial charge in [0.2, 0.25) is 0 Å². The Balaban J connectivity index is 1.87. The number of allylic oxidation sites excluding steroid dienone is 1. The summed E-state index contributed by atoms with van der Waals surface area (Å²) >= 11 is 6.36. The van der Waals surface area contributed by atoms with Crippen LogP contribution in [-0.2, 0) is 9.47 Å². The second-order valence-corrected chi connectivity index (χ2v) is 6.27. The standard InChI is InChI=1S/C19H17ClN2O4/c1-25-6-7-26-18-8-15-13(10-21)11-22(17(15)9-16(18)20)14-4-2-12(3-5-14)19(23)24/h2-5,8-9,11,15,17H,6-7H2,1H3,(H,23,24). The number of anilines is 1. The minimum Gasteiger partial charge on any atom is -0.490 e. The van der Waals surface area contributed by atoms with Gasteiger partial charge in [0.15, 0.2) is 0 Å². The molecular weight excluding hydrogens is 356 g/mol. The molecule has 7 heteroatoms. The lowest BCUT2D eigenvalue weighted by Crippen LogP contribution is -2.32. The average molecular weight is 373 g/mol. The fourth-order valence-electron chi connectivity index (χ4n) is 3.00. The van der Waals surface area contributed by atoms with Crippen LogP contribution in [0.1, 0.15) is 10.4 Å². The van der Waals surface area contributed by atoms with Crippen molar-refractivity contribution in [2.45, 2.75) is 6.04 Å². The van der Waals surface area contributed by atoms with Crippen LogP contribution >= 0.6 is 11.6 Å². The average Bonchev–Trinajstić information content (AvgIpc) is 2.99. The Kier molecular flexibility index (Phi) is 5.31. The van der Waals surface area contributed by atoms with Gasteiger partial charge in [-0.3, -0.25) is 0 Å². The molecule has 0 amide bonds. The van der Waals surface area contributed by atoms with Gasteiger partial charge in [-0.25, -0.2) is 4.79 Å². The molecule has 2 unspecified atom stereocenters. The van der Waals surface area contributed by atoms with Crippen LogP contribution in [0.25, 0.3) is 0 Å². The van der Waals surface area contributed by atoms with Crippen LogP contribution in [0.15, 0.2) is 59.0 Å². The van der Waals surface area contributed by atoms with E-state index < -0.39 is 5.97 Å². The highest BCUT2D eigenvalue weighted by molar-refractivity contribution is 6.32. The highest BCUT2D eigenvalue weighted by atomic mass is 35.5. The third-order valence-electron chi connectivity index (χ3n) is 4.30. The van der Waals surface area contributed by atoms with E-state index in [1.54, 1.807) is 25.4 Å². The molecular formula is C19H17ClN2O4. The Morgan fingerprint density at radius 3 is 2.65 bits per heavy atom. The van der Waals surface area contributed by atoms with Crippen molar-refractivity contribution in [3.05, 3.63) is 64.5 Å². The van der Waals surface area contributed by atoms with E-state index in [1.807, 2.05) is 17.1 Å². The first kappa shape index (κ1) is 18.1. The van der Waals surface area contributed by atoms with Gasteiger partial charge >= 0.3 is 5.97 Å². The molecule has 3 rings (SSSR count). The van der Waals surface area contributed by atoms with Crippen LogP contribution < -0.4 is 4.90 Å². The summed E-state index contributed by atoms with van der Waals surface area (Å²) in [6, 6.07) is 8.56. The molecule has 0 bridgehead atoms. The quantitative estimate of drug-likeness (QED) is 0.771. The van der Waals surface area contributed by atoms with Gasteiger partial charge in [0.05, 0.1) is 34.9 Å². The SMILES string of the molecule is COCCOC1=CC2C(C#N)=CN(c3ccc(C(=O)O)cc3)C2C=C1Cl. The third-order valence-corrected chi connectivity index (χ3v) is 4.61. The van der Waals surface area contributed by atoms with Crippen LogP contribution in [-0.4, -0.2) is 37.4 Å². The number of benzene rings is 1. The first-order valence-corrected chi connectivity index (χ1v) is 8.37. The molecule has 6 nitrogen and oxygen atoms in total. The molecule has 2 aliphatic rings. The van der Waals surface area contributed by atoms with Gasteiger partial charge in [0.1, 0.15) is 12.4 Å². The van der Waals surface area contributed by atoms with Crippen LogP contribution in [0.3, 0.4) is 0 Å². The van der Waals surface area contributed by atoms with E-state index in [-0.39, 0.29) is 17.5 Å². The summed E-state index contributed by atoms with van der Waals surface area (Å²) in [5.41, 5.74) is 1.58. The van der Waals surface area contributed by atoms with Crippen molar-refractivity contribution >= 4 is 23.3 Å². The number of ether oxygens (including phenoxy) is 2. The van der Waals surface area contributed by atoms with Crippen LogP contribution in [0, 0.1) is 17.2 Å². The highest BCUT2D eigenvalue weighted by Gasteiger charge is 2.37. The number of carboxylic acid groups (broad SMARTS) is 1. The van der Waals surface area contributed by atoms with E-state index in [0.717, 1.165) is 5.69 Å². The second-order valence-electron chi connectivity index (χ2n) is 5.86. The molecule has 1 heterocycles. The maximum Gasteiger partial charge on any atom is 0.335 e. The minimum atomic E-state index is -0.981. The van der Waals surface area contributed by atoms with Crippen molar-refractivity contribution in [3.63, 3.8) is 0 Å². The second kappa shape index (κ2) is 7.65. The van der Waals surface area contributed by atoms with Gasteiger partial charge in [-0.15, -0.1) is 0 Å². The fraction of sp³-hybridized carbons (Fsp3) is 0.263. The summed E-state index contributed by atoms with van der Waals surface area (Å²) in [7, 11) is 1.59. The van der Waals surface area contributed by atoms with Crippen molar-refractivity contribution in [1.29, 1.82) is 5.26 Å². The summed E-state index contributed by atoms with van der Waals surface area (Å²) in [4.78, 5) is 12.9. The first-order chi connectivity index (χ1) is 12.5. The summed E-state index contributed by atoms with van der Waals surface area (Å²) < 4.78 is 10.6. The van der Waals surface area contributed by atoms with E-state index in [9.17, 15) is 10.1 Å². The summed E-state index contributed by atoms with van der Waals surface area (Å²) in [5.74, 6) is -0.626. The summed E-state index contributed by atoms with van der Waals surface area (Å²) in [6.07, 6.45) is 5.46. The number of aromatic carboxylic acids is 1. The van der Waals surface area contributed by atoms with Crippen molar-refractivity contribution in [1.82, 2.24) is 0 Å². The Hall–Kier alpha value is -2.75. The highest BCUT2D eigenvalue weighted by Crippen LogP contribution is 2.40. The zero-order chi connectivity index (χ0) is 18.7. The molecule has 0 saturated carbocycles.